The van der Waals surface area contributed by atoms with E-state index >= 15 is 0 Å². The zero-order chi connectivity index (χ0) is 16.9. The molecule has 1 aliphatic rings. The number of aryl methyl sites for hydroxylation is 1. The van der Waals surface area contributed by atoms with Crippen LogP contribution in [0.1, 0.15) is 25.3 Å². The number of carbonyl (C=O) groups excluding carboxylic acids is 1. The minimum Gasteiger partial charge on any atom is -0.369 e. The fourth-order valence-electron chi connectivity index (χ4n) is 3.15. The second-order valence-corrected chi connectivity index (χ2v) is 6.09. The van der Waals surface area contributed by atoms with Crippen molar-refractivity contribution in [2.45, 2.75) is 26.2 Å². The number of hydrogen-bond donors (Lipinski definition) is 2. The van der Waals surface area contributed by atoms with E-state index in [-0.39, 0.29) is 17.4 Å². The van der Waals surface area contributed by atoms with E-state index in [0.29, 0.717) is 6.54 Å². The van der Waals surface area contributed by atoms with Crippen molar-refractivity contribution in [2.24, 2.45) is 5.92 Å². The van der Waals surface area contributed by atoms with Gasteiger partial charge in [0.1, 0.15) is 0 Å². The van der Waals surface area contributed by atoms with Crippen LogP contribution in [0.2, 0.25) is 0 Å². The predicted octanol–water partition coefficient (Wildman–Crippen LogP) is 2.19. The average molecular weight is 326 g/mol. The molecule has 1 atom stereocenters. The fourth-order valence-corrected chi connectivity index (χ4v) is 3.15. The second kappa shape index (κ2) is 7.29. The SMILES string of the molecule is CCc1ccccc1NC(=O)[C@@H]1CCCN(c2cn[nH]c(=O)c2)C1. The highest BCUT2D eigenvalue weighted by Gasteiger charge is 2.26. The van der Waals surface area contributed by atoms with Crippen LogP contribution < -0.4 is 15.8 Å². The Balaban J connectivity index is 1.70. The van der Waals surface area contributed by atoms with Gasteiger partial charge in [0.25, 0.3) is 5.56 Å². The lowest BCUT2D eigenvalue weighted by Crippen LogP contribution is -2.41. The summed E-state index contributed by atoms with van der Waals surface area (Å²) in [6.07, 6.45) is 4.29. The number of H-pyrrole nitrogens is 1. The zero-order valence-electron chi connectivity index (χ0n) is 13.8. The van der Waals surface area contributed by atoms with E-state index in [9.17, 15) is 9.59 Å². The Hall–Kier alpha value is -2.63. The molecule has 1 amide bonds. The minimum atomic E-state index is -0.226. The van der Waals surface area contributed by atoms with Crippen LogP contribution in [-0.2, 0) is 11.2 Å². The quantitative estimate of drug-likeness (QED) is 0.903. The second-order valence-electron chi connectivity index (χ2n) is 6.09. The summed E-state index contributed by atoms with van der Waals surface area (Å²) in [6, 6.07) is 9.42. The number of nitrogens with zero attached hydrogens (tertiary/aromatic N) is 2. The maximum absolute atomic E-state index is 12.7. The van der Waals surface area contributed by atoms with Gasteiger partial charge < -0.3 is 10.2 Å². The first-order valence-corrected chi connectivity index (χ1v) is 8.36. The van der Waals surface area contributed by atoms with Crippen molar-refractivity contribution < 1.29 is 4.79 Å². The molecule has 0 aliphatic carbocycles. The highest BCUT2D eigenvalue weighted by atomic mass is 16.2. The first-order valence-electron chi connectivity index (χ1n) is 8.36. The molecule has 2 aromatic rings. The molecule has 1 fully saturated rings. The largest absolute Gasteiger partial charge is 0.369 e. The molecule has 2 heterocycles. The van der Waals surface area contributed by atoms with Gasteiger partial charge in [-0.3, -0.25) is 9.59 Å². The van der Waals surface area contributed by atoms with Gasteiger partial charge >= 0.3 is 0 Å². The molecule has 0 unspecified atom stereocenters. The normalized spacial score (nSPS) is 17.5. The predicted molar refractivity (Wildman–Crippen MR) is 94.2 cm³/mol. The highest BCUT2D eigenvalue weighted by Crippen LogP contribution is 2.24. The Morgan fingerprint density at radius 3 is 3.04 bits per heavy atom. The number of amides is 1. The maximum Gasteiger partial charge on any atom is 0.266 e. The van der Waals surface area contributed by atoms with Crippen molar-refractivity contribution in [1.29, 1.82) is 0 Å². The summed E-state index contributed by atoms with van der Waals surface area (Å²) in [5, 5.41) is 9.28. The van der Waals surface area contributed by atoms with Gasteiger partial charge in [-0.1, -0.05) is 25.1 Å². The van der Waals surface area contributed by atoms with E-state index in [0.717, 1.165) is 42.7 Å². The van der Waals surface area contributed by atoms with Gasteiger partial charge in [-0.25, -0.2) is 5.10 Å². The Bertz CT molecular complexity index is 771. The van der Waals surface area contributed by atoms with Gasteiger partial charge in [0.15, 0.2) is 0 Å². The van der Waals surface area contributed by atoms with Gasteiger partial charge in [0.05, 0.1) is 17.8 Å². The fraction of sp³-hybridized carbons (Fsp3) is 0.389. The van der Waals surface area contributed by atoms with Crippen LogP contribution in [-0.4, -0.2) is 29.2 Å². The van der Waals surface area contributed by atoms with Crippen molar-refractivity contribution in [3.8, 4) is 0 Å². The molecule has 24 heavy (non-hydrogen) atoms. The maximum atomic E-state index is 12.7. The Morgan fingerprint density at radius 2 is 2.25 bits per heavy atom. The van der Waals surface area contributed by atoms with E-state index < -0.39 is 0 Å². The summed E-state index contributed by atoms with van der Waals surface area (Å²) in [5.41, 5.74) is 2.57. The lowest BCUT2D eigenvalue weighted by Gasteiger charge is -2.33. The van der Waals surface area contributed by atoms with E-state index in [4.69, 9.17) is 0 Å². The number of rotatable bonds is 4. The molecule has 6 heteroatoms. The van der Waals surface area contributed by atoms with Crippen LogP contribution in [0.25, 0.3) is 0 Å². The molecule has 1 aromatic carbocycles. The minimum absolute atomic E-state index is 0.0402. The van der Waals surface area contributed by atoms with Crippen LogP contribution in [0.4, 0.5) is 11.4 Å². The molecular formula is C18H22N4O2. The Morgan fingerprint density at radius 1 is 1.42 bits per heavy atom. The number of benzene rings is 1. The molecular weight excluding hydrogens is 304 g/mol. The van der Waals surface area contributed by atoms with Crippen molar-refractivity contribution in [2.75, 3.05) is 23.3 Å². The van der Waals surface area contributed by atoms with Gasteiger partial charge in [-0.2, -0.15) is 5.10 Å². The number of nitrogens with one attached hydrogen (secondary N) is 2. The molecule has 1 saturated heterocycles. The van der Waals surface area contributed by atoms with E-state index in [2.05, 4.69) is 27.3 Å². The molecule has 0 radical (unpaired) electrons. The molecule has 0 saturated carbocycles. The van der Waals surface area contributed by atoms with Crippen LogP contribution in [0.5, 0.6) is 0 Å². The number of para-hydroxylation sites is 1. The highest BCUT2D eigenvalue weighted by molar-refractivity contribution is 5.93. The standard InChI is InChI=1S/C18H22N4O2/c1-2-13-6-3-4-8-16(13)20-18(24)14-7-5-9-22(12-14)15-10-17(23)21-19-11-15/h3-4,6,8,10-11,14H,2,5,7,9,12H2,1H3,(H,20,24)(H,21,23)/t14-/m1/s1. The zero-order valence-corrected chi connectivity index (χ0v) is 13.8. The number of hydrogen-bond acceptors (Lipinski definition) is 4. The molecule has 3 rings (SSSR count). The van der Waals surface area contributed by atoms with E-state index in [1.807, 2.05) is 24.3 Å². The number of aromatic nitrogens is 2. The van der Waals surface area contributed by atoms with Gasteiger partial charge in [0, 0.05) is 24.8 Å². The van der Waals surface area contributed by atoms with Crippen LogP contribution in [0, 0.1) is 5.92 Å². The summed E-state index contributed by atoms with van der Waals surface area (Å²) in [7, 11) is 0. The summed E-state index contributed by atoms with van der Waals surface area (Å²) in [4.78, 5) is 26.2. The molecule has 126 valence electrons. The van der Waals surface area contributed by atoms with Crippen LogP contribution in [0.3, 0.4) is 0 Å². The molecule has 6 nitrogen and oxygen atoms in total. The third-order valence-electron chi connectivity index (χ3n) is 4.46. The Kier molecular flexibility index (Phi) is 4.93. The van der Waals surface area contributed by atoms with Gasteiger partial charge in [-0.05, 0) is 30.9 Å². The number of aromatic amines is 1. The summed E-state index contributed by atoms with van der Waals surface area (Å²) < 4.78 is 0. The summed E-state index contributed by atoms with van der Waals surface area (Å²) in [5.74, 6) is -0.0543. The third kappa shape index (κ3) is 3.64. The lowest BCUT2D eigenvalue weighted by atomic mass is 9.96. The van der Waals surface area contributed by atoms with Gasteiger partial charge in [0.2, 0.25) is 5.91 Å². The molecule has 0 spiro atoms. The number of carbonyl (C=O) groups is 1. The number of anilines is 2. The Labute approximate surface area is 140 Å². The van der Waals surface area contributed by atoms with Crippen LogP contribution in [0.15, 0.2) is 41.3 Å². The molecule has 2 N–H and O–H groups in total. The lowest BCUT2D eigenvalue weighted by molar-refractivity contribution is -0.120. The summed E-state index contributed by atoms with van der Waals surface area (Å²) in [6.45, 7) is 3.51. The van der Waals surface area contributed by atoms with Crippen molar-refractivity contribution >= 4 is 17.3 Å². The monoisotopic (exact) mass is 326 g/mol. The van der Waals surface area contributed by atoms with Crippen LogP contribution >= 0.6 is 0 Å². The number of piperidine rings is 1. The van der Waals surface area contributed by atoms with E-state index in [1.54, 1.807) is 6.20 Å². The smallest absolute Gasteiger partial charge is 0.266 e. The molecule has 1 aliphatic heterocycles. The average Bonchev–Trinajstić information content (AvgIpc) is 2.62. The molecule has 0 bridgehead atoms. The molecule has 1 aromatic heterocycles. The van der Waals surface area contributed by atoms with Crippen molar-refractivity contribution in [3.05, 3.63) is 52.4 Å². The topological polar surface area (TPSA) is 78.1 Å². The first kappa shape index (κ1) is 16.2. The van der Waals surface area contributed by atoms with Gasteiger partial charge in [-0.15, -0.1) is 0 Å². The third-order valence-corrected chi connectivity index (χ3v) is 4.46. The van der Waals surface area contributed by atoms with Crippen molar-refractivity contribution in [3.63, 3.8) is 0 Å². The van der Waals surface area contributed by atoms with Crippen molar-refractivity contribution in [1.82, 2.24) is 10.2 Å². The summed E-state index contributed by atoms with van der Waals surface area (Å²) >= 11 is 0. The van der Waals surface area contributed by atoms with E-state index in [1.165, 1.54) is 6.07 Å². The first-order chi connectivity index (χ1) is 11.7.